The van der Waals surface area contributed by atoms with Gasteiger partial charge in [0.1, 0.15) is 0 Å². The Hall–Kier alpha value is -0.170. The Balaban J connectivity index is 0. The molecule has 0 unspecified atom stereocenters. The molecule has 388 valence electrons. The lowest BCUT2D eigenvalue weighted by Gasteiger charge is -2.39. The lowest BCUT2D eigenvalue weighted by molar-refractivity contribution is -0.929. The van der Waals surface area contributed by atoms with Gasteiger partial charge in [-0.2, -0.15) is 0 Å². The Kier molecular flexibility index (Phi) is 57.1. The van der Waals surface area contributed by atoms with Gasteiger partial charge in [0.2, 0.25) is 10.4 Å². The third kappa shape index (κ3) is 59.8. The first kappa shape index (κ1) is 65.9. The van der Waals surface area contributed by atoms with E-state index in [2.05, 4.69) is 27.7 Å². The standard InChI is InChI=1S/C58H120N.H2O4S/c1-5-9-13-16-19-22-25-28-31-34-37-40-43-46-49-52-56-59(55-12-8-4,57-53-50-47-44-41-38-35-32-29-26-23-20-17-14-10-6-2)58-54-51-48-45-42-39-36-33-30-27-24-21-18-15-11-7-3;1-5(2,3)4/h5-58H2,1-4H3;(H2,1,2,3,4)/q+1;/p-1. The van der Waals surface area contributed by atoms with Crippen molar-refractivity contribution in [1.29, 1.82) is 0 Å². The van der Waals surface area contributed by atoms with Crippen molar-refractivity contribution in [3.05, 3.63) is 0 Å². The predicted octanol–water partition coefficient (Wildman–Crippen LogP) is 20.4. The second kappa shape index (κ2) is 55.4. The van der Waals surface area contributed by atoms with Gasteiger partial charge in [-0.15, -0.1) is 0 Å². The number of nitrogens with zero attached hydrogens (tertiary/aromatic N) is 1. The molecule has 0 aliphatic carbocycles. The van der Waals surface area contributed by atoms with Gasteiger partial charge >= 0.3 is 0 Å². The maximum Gasteiger partial charge on any atom is 0.215 e. The van der Waals surface area contributed by atoms with Gasteiger partial charge in [-0.1, -0.05) is 304 Å². The highest BCUT2D eigenvalue weighted by Crippen LogP contribution is 2.22. The van der Waals surface area contributed by atoms with Crippen LogP contribution in [-0.4, -0.2) is 48.2 Å². The van der Waals surface area contributed by atoms with E-state index in [1.54, 1.807) is 0 Å². The lowest BCUT2D eigenvalue weighted by atomic mass is 10.0. The average Bonchev–Trinajstić information content (AvgIpc) is 3.27. The van der Waals surface area contributed by atoms with Crippen molar-refractivity contribution in [2.24, 2.45) is 0 Å². The number of hydrogen-bond acceptors (Lipinski definition) is 3. The highest BCUT2D eigenvalue weighted by Gasteiger charge is 2.25. The van der Waals surface area contributed by atoms with Crippen LogP contribution in [0.5, 0.6) is 0 Å². The van der Waals surface area contributed by atoms with Crippen LogP contribution in [-0.2, 0) is 10.4 Å². The molecule has 0 amide bonds. The van der Waals surface area contributed by atoms with E-state index in [1.807, 2.05) is 0 Å². The molecule has 0 atom stereocenters. The second-order valence-corrected chi connectivity index (χ2v) is 21.8. The molecule has 0 saturated carbocycles. The molecule has 1 N–H and O–H groups in total. The van der Waals surface area contributed by atoms with E-state index < -0.39 is 10.4 Å². The molecule has 0 saturated heterocycles. The molecule has 6 heteroatoms. The van der Waals surface area contributed by atoms with Crippen molar-refractivity contribution >= 4 is 10.4 Å². The Morgan fingerprint density at radius 2 is 0.359 bits per heavy atom. The summed E-state index contributed by atoms with van der Waals surface area (Å²) in [5.41, 5.74) is 0. The first-order valence-electron chi connectivity index (χ1n) is 29.8. The first-order valence-corrected chi connectivity index (χ1v) is 31.1. The summed E-state index contributed by atoms with van der Waals surface area (Å²) in [5.74, 6) is 0. The van der Waals surface area contributed by atoms with Crippen LogP contribution in [0.3, 0.4) is 0 Å². The summed E-state index contributed by atoms with van der Waals surface area (Å²) in [5, 5.41) is 0. The van der Waals surface area contributed by atoms with Crippen LogP contribution >= 0.6 is 0 Å². The van der Waals surface area contributed by atoms with Gasteiger partial charge in [0.25, 0.3) is 0 Å². The van der Waals surface area contributed by atoms with Gasteiger partial charge in [-0.25, -0.2) is 8.42 Å². The van der Waals surface area contributed by atoms with Crippen LogP contribution in [0.25, 0.3) is 0 Å². The van der Waals surface area contributed by atoms with Gasteiger partial charge in [0.05, 0.1) is 26.2 Å². The van der Waals surface area contributed by atoms with E-state index in [0.29, 0.717) is 0 Å². The number of hydrogen-bond donors (Lipinski definition) is 1. The molecule has 0 radical (unpaired) electrons. The van der Waals surface area contributed by atoms with Crippen LogP contribution in [0.15, 0.2) is 0 Å². The fourth-order valence-corrected chi connectivity index (χ4v) is 10.2. The topological polar surface area (TPSA) is 77.4 Å². The average molecular weight is 929 g/mol. The van der Waals surface area contributed by atoms with E-state index in [9.17, 15) is 0 Å². The third-order valence-corrected chi connectivity index (χ3v) is 14.4. The molecular formula is C58H121NO4S. The van der Waals surface area contributed by atoms with Crippen LogP contribution in [0.4, 0.5) is 0 Å². The van der Waals surface area contributed by atoms with E-state index >= 15 is 0 Å². The van der Waals surface area contributed by atoms with Gasteiger partial charge in [0.15, 0.2) is 0 Å². The monoisotopic (exact) mass is 928 g/mol. The Morgan fingerprint density at radius 3 is 0.500 bits per heavy atom. The SMILES string of the molecule is CCCCCCCCCCCCCCCCCC[N+](CCCC)(CCCCCCCCCCCCCCCCCC)CCCCCCCCCCCCCCCCCC.O=S(=O)([O-])O. The molecule has 0 aromatic carbocycles. The van der Waals surface area contributed by atoms with Crippen LogP contribution < -0.4 is 0 Å². The molecule has 0 bridgehead atoms. The maximum absolute atomic E-state index is 8.63. The summed E-state index contributed by atoms with van der Waals surface area (Å²) in [6.45, 7) is 15.3. The van der Waals surface area contributed by atoms with E-state index in [1.165, 1.54) is 352 Å². The quantitative estimate of drug-likeness (QED) is 0.0285. The first-order chi connectivity index (χ1) is 31.2. The molecule has 0 heterocycles. The smallest absolute Gasteiger partial charge is 0.215 e. The number of rotatable bonds is 54. The van der Waals surface area contributed by atoms with Crippen molar-refractivity contribution < 1.29 is 22.0 Å². The Labute approximate surface area is 405 Å². The minimum atomic E-state index is -4.92. The van der Waals surface area contributed by atoms with Gasteiger partial charge in [-0.3, -0.25) is 4.55 Å². The molecule has 0 aliphatic heterocycles. The molecular weight excluding hydrogens is 807 g/mol. The third-order valence-electron chi connectivity index (χ3n) is 14.4. The Morgan fingerprint density at radius 1 is 0.250 bits per heavy atom. The highest BCUT2D eigenvalue weighted by atomic mass is 32.3. The zero-order valence-corrected chi connectivity index (χ0v) is 45.5. The minimum absolute atomic E-state index is 1.37. The minimum Gasteiger partial charge on any atom is -0.726 e. The van der Waals surface area contributed by atoms with Crippen LogP contribution in [0.1, 0.15) is 349 Å². The summed E-state index contributed by atoms with van der Waals surface area (Å²) in [7, 11) is -4.92. The van der Waals surface area contributed by atoms with E-state index in [-0.39, 0.29) is 0 Å². The normalized spacial score (nSPS) is 12.0. The predicted molar refractivity (Wildman–Crippen MR) is 286 cm³/mol. The molecule has 0 aromatic rings. The molecule has 0 rings (SSSR count). The largest absolute Gasteiger partial charge is 0.726 e. The van der Waals surface area contributed by atoms with Crippen LogP contribution in [0.2, 0.25) is 0 Å². The fourth-order valence-electron chi connectivity index (χ4n) is 10.2. The number of unbranched alkanes of at least 4 members (excludes halogenated alkanes) is 46. The second-order valence-electron chi connectivity index (χ2n) is 20.9. The zero-order valence-electron chi connectivity index (χ0n) is 44.7. The zero-order chi connectivity index (χ0) is 47.2. The molecule has 5 nitrogen and oxygen atoms in total. The maximum atomic E-state index is 8.63. The summed E-state index contributed by atoms with van der Waals surface area (Å²) in [4.78, 5) is 0. The summed E-state index contributed by atoms with van der Waals surface area (Å²) in [6.07, 6.45) is 73.7. The fraction of sp³-hybridized carbons (Fsp3) is 1.00. The van der Waals surface area contributed by atoms with Gasteiger partial charge < -0.3 is 9.04 Å². The summed E-state index contributed by atoms with van der Waals surface area (Å²) in [6, 6.07) is 0. The highest BCUT2D eigenvalue weighted by molar-refractivity contribution is 7.79. The molecule has 0 aromatic heterocycles. The van der Waals surface area contributed by atoms with Gasteiger partial charge in [0, 0.05) is 0 Å². The Bertz CT molecular complexity index is 846. The van der Waals surface area contributed by atoms with E-state index in [0.717, 1.165) is 0 Å². The molecule has 64 heavy (non-hydrogen) atoms. The molecule has 0 spiro atoms. The van der Waals surface area contributed by atoms with Crippen LogP contribution in [0, 0.1) is 0 Å². The van der Waals surface area contributed by atoms with Crippen molar-refractivity contribution in [2.75, 3.05) is 26.2 Å². The molecule has 0 fully saturated rings. The van der Waals surface area contributed by atoms with E-state index in [4.69, 9.17) is 17.5 Å². The number of quaternary nitrogens is 1. The van der Waals surface area contributed by atoms with Crippen molar-refractivity contribution in [2.45, 2.75) is 349 Å². The summed E-state index contributed by atoms with van der Waals surface area (Å²) < 4.78 is 34.3. The van der Waals surface area contributed by atoms with Crippen molar-refractivity contribution in [3.8, 4) is 0 Å². The van der Waals surface area contributed by atoms with Crippen molar-refractivity contribution in [3.63, 3.8) is 0 Å². The van der Waals surface area contributed by atoms with Gasteiger partial charge in [-0.05, 0) is 44.9 Å². The lowest BCUT2D eigenvalue weighted by Crippen LogP contribution is -2.50. The van der Waals surface area contributed by atoms with Crippen molar-refractivity contribution in [1.82, 2.24) is 0 Å². The summed E-state index contributed by atoms with van der Waals surface area (Å²) >= 11 is 0. The molecule has 0 aliphatic rings.